The minimum atomic E-state index is 0.0359. The second-order valence-electron chi connectivity index (χ2n) is 5.55. The molecule has 2 aliphatic heterocycles. The van der Waals surface area contributed by atoms with Gasteiger partial charge in [0.25, 0.3) is 5.91 Å². The van der Waals surface area contributed by atoms with Crippen LogP contribution >= 0.6 is 0 Å². The fourth-order valence-corrected chi connectivity index (χ4v) is 2.82. The molecule has 0 aromatic carbocycles. The highest BCUT2D eigenvalue weighted by atomic mass is 16.5. The molecule has 0 N–H and O–H groups in total. The predicted octanol–water partition coefficient (Wildman–Crippen LogP) is 1.33. The van der Waals surface area contributed by atoms with Crippen molar-refractivity contribution in [1.82, 2.24) is 14.9 Å². The SMILES string of the molecule is O=C(c1ccnc(N2CCOCC2)n1)N1CCCCCC1. The van der Waals surface area contributed by atoms with Crippen molar-refractivity contribution in [2.75, 3.05) is 44.3 Å². The number of carbonyl (C=O) groups is 1. The van der Waals surface area contributed by atoms with Crippen LogP contribution in [0.3, 0.4) is 0 Å². The summed E-state index contributed by atoms with van der Waals surface area (Å²) >= 11 is 0. The van der Waals surface area contributed by atoms with Crippen molar-refractivity contribution in [1.29, 1.82) is 0 Å². The summed E-state index contributed by atoms with van der Waals surface area (Å²) in [7, 11) is 0. The molecule has 2 saturated heterocycles. The molecule has 0 unspecified atom stereocenters. The standard InChI is InChI=1S/C15H22N4O2/c20-14(18-7-3-1-2-4-8-18)13-5-6-16-15(17-13)19-9-11-21-12-10-19/h5-6H,1-4,7-12H2. The fraction of sp³-hybridized carbons (Fsp3) is 0.667. The van der Waals surface area contributed by atoms with E-state index >= 15 is 0 Å². The lowest BCUT2D eigenvalue weighted by molar-refractivity contribution is 0.0755. The first kappa shape index (κ1) is 14.3. The highest BCUT2D eigenvalue weighted by Crippen LogP contribution is 2.14. The Morgan fingerprint density at radius 1 is 1.05 bits per heavy atom. The third kappa shape index (κ3) is 3.50. The maximum absolute atomic E-state index is 12.6. The number of likely N-dealkylation sites (tertiary alicyclic amines) is 1. The number of ether oxygens (including phenoxy) is 1. The summed E-state index contributed by atoms with van der Waals surface area (Å²) in [6.07, 6.45) is 6.29. The Kier molecular flexibility index (Phi) is 4.65. The molecule has 3 heterocycles. The van der Waals surface area contributed by atoms with Gasteiger partial charge in [0.15, 0.2) is 0 Å². The van der Waals surface area contributed by atoms with Crippen LogP contribution < -0.4 is 4.90 Å². The summed E-state index contributed by atoms with van der Waals surface area (Å²) in [5.41, 5.74) is 0.508. The van der Waals surface area contributed by atoms with Crippen LogP contribution in [-0.2, 0) is 4.74 Å². The lowest BCUT2D eigenvalue weighted by atomic mass is 10.2. The minimum Gasteiger partial charge on any atom is -0.378 e. The quantitative estimate of drug-likeness (QED) is 0.822. The molecule has 3 rings (SSSR count). The van der Waals surface area contributed by atoms with E-state index in [4.69, 9.17) is 4.74 Å². The zero-order valence-corrected chi connectivity index (χ0v) is 12.3. The predicted molar refractivity (Wildman–Crippen MR) is 79.4 cm³/mol. The summed E-state index contributed by atoms with van der Waals surface area (Å²) in [6.45, 7) is 4.62. The first-order chi connectivity index (χ1) is 10.3. The molecule has 21 heavy (non-hydrogen) atoms. The number of aromatic nitrogens is 2. The van der Waals surface area contributed by atoms with Gasteiger partial charge in [0, 0.05) is 32.4 Å². The molecule has 1 aromatic heterocycles. The van der Waals surface area contributed by atoms with Crippen molar-refractivity contribution in [3.8, 4) is 0 Å². The van der Waals surface area contributed by atoms with Crippen molar-refractivity contribution in [2.24, 2.45) is 0 Å². The Morgan fingerprint density at radius 3 is 2.48 bits per heavy atom. The molecule has 0 saturated carbocycles. The number of nitrogens with zero attached hydrogens (tertiary/aromatic N) is 4. The molecular weight excluding hydrogens is 268 g/mol. The van der Waals surface area contributed by atoms with Crippen LogP contribution in [0.1, 0.15) is 36.2 Å². The average molecular weight is 290 g/mol. The van der Waals surface area contributed by atoms with Gasteiger partial charge in [-0.05, 0) is 18.9 Å². The van der Waals surface area contributed by atoms with E-state index in [2.05, 4.69) is 14.9 Å². The normalized spacial score (nSPS) is 20.2. The van der Waals surface area contributed by atoms with Gasteiger partial charge in [0.05, 0.1) is 13.2 Å². The molecule has 6 heteroatoms. The molecule has 0 spiro atoms. The van der Waals surface area contributed by atoms with Crippen LogP contribution in [0, 0.1) is 0 Å². The highest BCUT2D eigenvalue weighted by Gasteiger charge is 2.20. The molecule has 1 aromatic rings. The number of hydrogen-bond donors (Lipinski definition) is 0. The van der Waals surface area contributed by atoms with E-state index < -0.39 is 0 Å². The molecule has 2 fully saturated rings. The number of morpholine rings is 1. The Bertz CT molecular complexity index is 480. The van der Waals surface area contributed by atoms with Gasteiger partial charge in [-0.2, -0.15) is 0 Å². The molecule has 0 aliphatic carbocycles. The second-order valence-corrected chi connectivity index (χ2v) is 5.55. The molecule has 0 radical (unpaired) electrons. The van der Waals surface area contributed by atoms with E-state index in [1.807, 2.05) is 4.90 Å². The third-order valence-electron chi connectivity index (χ3n) is 4.05. The summed E-state index contributed by atoms with van der Waals surface area (Å²) in [5.74, 6) is 0.674. The van der Waals surface area contributed by atoms with Crippen LogP contribution in [0.5, 0.6) is 0 Å². The summed E-state index contributed by atoms with van der Waals surface area (Å²) < 4.78 is 5.34. The van der Waals surface area contributed by atoms with Crippen LogP contribution in [-0.4, -0.2) is 60.2 Å². The van der Waals surface area contributed by atoms with E-state index in [1.165, 1.54) is 12.8 Å². The van der Waals surface area contributed by atoms with Crippen molar-refractivity contribution < 1.29 is 9.53 Å². The molecule has 0 bridgehead atoms. The first-order valence-corrected chi connectivity index (χ1v) is 7.79. The van der Waals surface area contributed by atoms with Gasteiger partial charge in [-0.25, -0.2) is 9.97 Å². The maximum Gasteiger partial charge on any atom is 0.272 e. The maximum atomic E-state index is 12.6. The number of hydrogen-bond acceptors (Lipinski definition) is 5. The van der Waals surface area contributed by atoms with E-state index in [-0.39, 0.29) is 5.91 Å². The van der Waals surface area contributed by atoms with Gasteiger partial charge in [0.1, 0.15) is 5.69 Å². The summed E-state index contributed by atoms with van der Waals surface area (Å²) in [4.78, 5) is 25.3. The lowest BCUT2D eigenvalue weighted by Gasteiger charge is -2.27. The van der Waals surface area contributed by atoms with E-state index in [0.29, 0.717) is 24.9 Å². The lowest BCUT2D eigenvalue weighted by Crippen LogP contribution is -2.38. The molecule has 6 nitrogen and oxygen atoms in total. The van der Waals surface area contributed by atoms with E-state index in [0.717, 1.165) is 39.0 Å². The number of carbonyl (C=O) groups excluding carboxylic acids is 1. The third-order valence-corrected chi connectivity index (χ3v) is 4.05. The van der Waals surface area contributed by atoms with Crippen LogP contribution in [0.2, 0.25) is 0 Å². The van der Waals surface area contributed by atoms with Crippen molar-refractivity contribution in [3.05, 3.63) is 18.0 Å². The molecule has 2 aliphatic rings. The van der Waals surface area contributed by atoms with Gasteiger partial charge < -0.3 is 14.5 Å². The minimum absolute atomic E-state index is 0.0359. The van der Waals surface area contributed by atoms with Gasteiger partial charge in [-0.3, -0.25) is 4.79 Å². The van der Waals surface area contributed by atoms with Crippen LogP contribution in [0.4, 0.5) is 5.95 Å². The molecule has 1 amide bonds. The first-order valence-electron chi connectivity index (χ1n) is 7.79. The Hall–Kier alpha value is -1.69. The van der Waals surface area contributed by atoms with Crippen LogP contribution in [0.15, 0.2) is 12.3 Å². The Labute approximate surface area is 125 Å². The summed E-state index contributed by atoms with van der Waals surface area (Å²) in [5, 5.41) is 0. The summed E-state index contributed by atoms with van der Waals surface area (Å²) in [6, 6.07) is 1.72. The van der Waals surface area contributed by atoms with Gasteiger partial charge in [0.2, 0.25) is 5.95 Å². The van der Waals surface area contributed by atoms with Gasteiger partial charge in [-0.15, -0.1) is 0 Å². The van der Waals surface area contributed by atoms with Gasteiger partial charge >= 0.3 is 0 Å². The fourth-order valence-electron chi connectivity index (χ4n) is 2.82. The largest absolute Gasteiger partial charge is 0.378 e. The average Bonchev–Trinajstić information content (AvgIpc) is 2.84. The number of rotatable bonds is 2. The monoisotopic (exact) mass is 290 g/mol. The second kappa shape index (κ2) is 6.85. The zero-order valence-electron chi connectivity index (χ0n) is 12.3. The molecule has 114 valence electrons. The van der Waals surface area contributed by atoms with Crippen molar-refractivity contribution in [3.63, 3.8) is 0 Å². The van der Waals surface area contributed by atoms with E-state index in [1.54, 1.807) is 12.3 Å². The smallest absolute Gasteiger partial charge is 0.272 e. The van der Waals surface area contributed by atoms with Crippen molar-refractivity contribution in [2.45, 2.75) is 25.7 Å². The zero-order chi connectivity index (χ0) is 14.5. The highest BCUT2D eigenvalue weighted by molar-refractivity contribution is 5.92. The molecule has 0 atom stereocenters. The van der Waals surface area contributed by atoms with Crippen LogP contribution in [0.25, 0.3) is 0 Å². The molecular formula is C15H22N4O2. The topological polar surface area (TPSA) is 58.6 Å². The number of anilines is 1. The Balaban J connectivity index is 1.73. The van der Waals surface area contributed by atoms with Gasteiger partial charge in [-0.1, -0.05) is 12.8 Å². The Morgan fingerprint density at radius 2 is 1.76 bits per heavy atom. The number of amides is 1. The van der Waals surface area contributed by atoms with E-state index in [9.17, 15) is 4.79 Å². The van der Waals surface area contributed by atoms with Crippen molar-refractivity contribution >= 4 is 11.9 Å².